The number of hydrogen-bond acceptors (Lipinski definition) is 4. The smallest absolute Gasteiger partial charge is 0.317 e. The summed E-state index contributed by atoms with van der Waals surface area (Å²) < 4.78 is 11.9. The van der Waals surface area contributed by atoms with Crippen LogP contribution in [0.5, 0.6) is 5.75 Å². The lowest BCUT2D eigenvalue weighted by Gasteiger charge is -2.23. The van der Waals surface area contributed by atoms with Crippen LogP contribution < -0.4 is 10.1 Å². The molecule has 1 saturated carbocycles. The van der Waals surface area contributed by atoms with Crippen LogP contribution in [0, 0.1) is 0 Å². The molecule has 3 fully saturated rings. The van der Waals surface area contributed by atoms with Crippen LogP contribution in [0.2, 0.25) is 0 Å². The molecule has 2 aliphatic heterocycles. The first-order valence-electron chi connectivity index (χ1n) is 7.99. The van der Waals surface area contributed by atoms with Gasteiger partial charge in [-0.15, -0.1) is 0 Å². The van der Waals surface area contributed by atoms with Gasteiger partial charge in [0.15, 0.2) is 0 Å². The molecular formula is C16H21N3O3. The van der Waals surface area contributed by atoms with Crippen molar-refractivity contribution in [2.75, 3.05) is 19.7 Å². The second-order valence-electron chi connectivity index (χ2n) is 6.52. The summed E-state index contributed by atoms with van der Waals surface area (Å²) in [6.07, 6.45) is 7.43. The van der Waals surface area contributed by atoms with Crippen molar-refractivity contribution in [3.05, 3.63) is 24.5 Å². The van der Waals surface area contributed by atoms with Crippen molar-refractivity contribution in [3.63, 3.8) is 0 Å². The van der Waals surface area contributed by atoms with E-state index in [0.29, 0.717) is 19.2 Å². The van der Waals surface area contributed by atoms with Crippen molar-refractivity contribution in [3.8, 4) is 5.75 Å². The van der Waals surface area contributed by atoms with Crippen molar-refractivity contribution < 1.29 is 14.3 Å². The molecule has 0 radical (unpaired) electrons. The van der Waals surface area contributed by atoms with E-state index in [-0.39, 0.29) is 17.7 Å². The first kappa shape index (κ1) is 13.8. The average molecular weight is 303 g/mol. The third kappa shape index (κ3) is 2.88. The second kappa shape index (κ2) is 5.43. The number of carbonyl (C=O) groups is 1. The van der Waals surface area contributed by atoms with Gasteiger partial charge >= 0.3 is 6.03 Å². The van der Waals surface area contributed by atoms with E-state index < -0.39 is 0 Å². The van der Waals surface area contributed by atoms with Gasteiger partial charge in [-0.25, -0.2) is 4.79 Å². The number of amides is 2. The molecule has 118 valence electrons. The van der Waals surface area contributed by atoms with Gasteiger partial charge in [0.05, 0.1) is 24.9 Å². The molecule has 0 aromatic carbocycles. The summed E-state index contributed by atoms with van der Waals surface area (Å²) in [7, 11) is 0. The minimum Gasteiger partial charge on any atom is -0.486 e. The van der Waals surface area contributed by atoms with Crippen LogP contribution in [0.15, 0.2) is 24.5 Å². The van der Waals surface area contributed by atoms with Crippen LogP contribution in [-0.4, -0.2) is 53.4 Å². The van der Waals surface area contributed by atoms with Crippen LogP contribution in [0.3, 0.4) is 0 Å². The first-order chi connectivity index (χ1) is 10.7. The van der Waals surface area contributed by atoms with E-state index in [4.69, 9.17) is 9.47 Å². The molecule has 6 nitrogen and oxygen atoms in total. The van der Waals surface area contributed by atoms with E-state index in [0.717, 1.165) is 38.0 Å². The molecule has 6 heteroatoms. The minimum absolute atomic E-state index is 0.0376. The number of likely N-dealkylation sites (tertiary alicyclic amines) is 1. The van der Waals surface area contributed by atoms with Crippen molar-refractivity contribution in [2.45, 2.75) is 43.4 Å². The van der Waals surface area contributed by atoms with E-state index in [1.54, 1.807) is 12.4 Å². The maximum atomic E-state index is 12.1. The summed E-state index contributed by atoms with van der Waals surface area (Å²) >= 11 is 0. The maximum absolute atomic E-state index is 12.1. The fourth-order valence-electron chi connectivity index (χ4n) is 3.28. The summed E-state index contributed by atoms with van der Waals surface area (Å²) in [5.74, 6) is 0.773. The molecule has 3 aliphatic rings. The molecule has 22 heavy (non-hydrogen) atoms. The Balaban J connectivity index is 1.33. The highest BCUT2D eigenvalue weighted by atomic mass is 16.6. The third-order valence-electron chi connectivity index (χ3n) is 4.62. The topological polar surface area (TPSA) is 63.7 Å². The molecule has 4 rings (SSSR count). The number of hydrogen-bond donors (Lipinski definition) is 1. The van der Waals surface area contributed by atoms with E-state index in [2.05, 4.69) is 10.3 Å². The predicted molar refractivity (Wildman–Crippen MR) is 79.7 cm³/mol. The molecule has 1 N–H and O–H groups in total. The monoisotopic (exact) mass is 303 g/mol. The molecule has 3 heterocycles. The predicted octanol–water partition coefficient (Wildman–Crippen LogP) is 1.57. The van der Waals surface area contributed by atoms with Crippen molar-refractivity contribution >= 4 is 6.03 Å². The Kier molecular flexibility index (Phi) is 3.41. The molecule has 0 bridgehead atoms. The molecule has 2 amide bonds. The van der Waals surface area contributed by atoms with Gasteiger partial charge in [0.25, 0.3) is 0 Å². The largest absolute Gasteiger partial charge is 0.486 e. The Morgan fingerprint density at radius 1 is 1.50 bits per heavy atom. The van der Waals surface area contributed by atoms with E-state index in [9.17, 15) is 4.79 Å². The summed E-state index contributed by atoms with van der Waals surface area (Å²) in [6, 6.07) is 4.22. The summed E-state index contributed by atoms with van der Waals surface area (Å²) in [5.41, 5.74) is -0.228. The molecule has 1 spiro atoms. The zero-order valence-electron chi connectivity index (χ0n) is 12.5. The zero-order valence-corrected chi connectivity index (χ0v) is 12.5. The molecule has 1 aromatic rings. The second-order valence-corrected chi connectivity index (χ2v) is 6.52. The first-order valence-corrected chi connectivity index (χ1v) is 7.99. The number of carbonyl (C=O) groups excluding carboxylic acids is 1. The fraction of sp³-hybridized carbons (Fsp3) is 0.625. The highest BCUT2D eigenvalue weighted by Crippen LogP contribution is 2.36. The molecule has 0 unspecified atom stereocenters. The SMILES string of the molecule is O=C(NC1CC1)N1CC[C@]2(C[C@H](Oc3cccnc3)CO2)C1. The number of pyridine rings is 1. The summed E-state index contributed by atoms with van der Waals surface area (Å²) in [6.45, 7) is 2.00. The van der Waals surface area contributed by atoms with Crippen molar-refractivity contribution in [1.29, 1.82) is 0 Å². The van der Waals surface area contributed by atoms with E-state index in [1.165, 1.54) is 0 Å². The lowest BCUT2D eigenvalue weighted by atomic mass is 9.98. The van der Waals surface area contributed by atoms with Gasteiger partial charge in [-0.3, -0.25) is 4.98 Å². The lowest BCUT2D eigenvalue weighted by molar-refractivity contribution is 0.0122. The maximum Gasteiger partial charge on any atom is 0.317 e. The van der Waals surface area contributed by atoms with Gasteiger partial charge in [0, 0.05) is 25.2 Å². The van der Waals surface area contributed by atoms with Gasteiger partial charge in [0.1, 0.15) is 11.9 Å². The number of nitrogens with one attached hydrogen (secondary N) is 1. The van der Waals surface area contributed by atoms with Gasteiger partial charge in [-0.05, 0) is 31.4 Å². The fourth-order valence-corrected chi connectivity index (χ4v) is 3.28. The number of rotatable bonds is 3. The molecule has 2 saturated heterocycles. The molecule has 2 atom stereocenters. The van der Waals surface area contributed by atoms with Crippen LogP contribution in [0.1, 0.15) is 25.7 Å². The molecular weight excluding hydrogens is 282 g/mol. The number of aromatic nitrogens is 1. The van der Waals surface area contributed by atoms with Crippen molar-refractivity contribution in [2.24, 2.45) is 0 Å². The Morgan fingerprint density at radius 3 is 3.18 bits per heavy atom. The Labute approximate surface area is 129 Å². The molecule has 1 aromatic heterocycles. The Hall–Kier alpha value is -1.82. The quantitative estimate of drug-likeness (QED) is 0.920. The highest BCUT2D eigenvalue weighted by Gasteiger charge is 2.48. The van der Waals surface area contributed by atoms with E-state index >= 15 is 0 Å². The van der Waals surface area contributed by atoms with Gasteiger partial charge in [-0.2, -0.15) is 0 Å². The summed E-state index contributed by atoms with van der Waals surface area (Å²) in [5, 5.41) is 3.05. The van der Waals surface area contributed by atoms with Gasteiger partial charge in [0.2, 0.25) is 0 Å². The van der Waals surface area contributed by atoms with Crippen LogP contribution in [-0.2, 0) is 4.74 Å². The van der Waals surface area contributed by atoms with Gasteiger partial charge < -0.3 is 19.7 Å². The zero-order chi connectivity index (χ0) is 15.0. The number of nitrogens with zero attached hydrogens (tertiary/aromatic N) is 2. The Bertz CT molecular complexity index is 549. The van der Waals surface area contributed by atoms with Crippen LogP contribution >= 0.6 is 0 Å². The van der Waals surface area contributed by atoms with Gasteiger partial charge in [-0.1, -0.05) is 0 Å². The van der Waals surface area contributed by atoms with Crippen LogP contribution in [0.25, 0.3) is 0 Å². The standard InChI is InChI=1S/C16H21N3O3/c20-15(18-12-3-4-12)19-7-5-16(11-19)8-14(10-21-16)22-13-2-1-6-17-9-13/h1-2,6,9,12,14H,3-5,7-8,10-11H2,(H,18,20)/t14-,16-/m0/s1. The third-order valence-corrected chi connectivity index (χ3v) is 4.62. The van der Waals surface area contributed by atoms with Crippen LogP contribution in [0.4, 0.5) is 4.79 Å². The lowest BCUT2D eigenvalue weighted by Crippen LogP contribution is -2.42. The minimum atomic E-state index is -0.228. The highest BCUT2D eigenvalue weighted by molar-refractivity contribution is 5.75. The number of ether oxygens (including phenoxy) is 2. The average Bonchev–Trinajstić information content (AvgIpc) is 3.11. The number of urea groups is 1. The van der Waals surface area contributed by atoms with E-state index in [1.807, 2.05) is 17.0 Å². The normalized spacial score (nSPS) is 30.7. The Morgan fingerprint density at radius 2 is 2.41 bits per heavy atom. The van der Waals surface area contributed by atoms with Crippen molar-refractivity contribution in [1.82, 2.24) is 15.2 Å². The molecule has 1 aliphatic carbocycles. The summed E-state index contributed by atoms with van der Waals surface area (Å²) in [4.78, 5) is 18.1.